The summed E-state index contributed by atoms with van der Waals surface area (Å²) in [7, 11) is 4.06. The van der Waals surface area contributed by atoms with Crippen LogP contribution < -0.4 is 10.2 Å². The number of anilines is 2. The van der Waals surface area contributed by atoms with E-state index in [0.29, 0.717) is 6.54 Å². The highest BCUT2D eigenvalue weighted by Crippen LogP contribution is 2.21. The smallest absolute Gasteiger partial charge is 0.136 e. The van der Waals surface area contributed by atoms with Crippen molar-refractivity contribution < 1.29 is 4.42 Å². The van der Waals surface area contributed by atoms with Gasteiger partial charge in [0, 0.05) is 25.5 Å². The van der Waals surface area contributed by atoms with Crippen molar-refractivity contribution in [2.75, 3.05) is 24.3 Å². The lowest BCUT2D eigenvalue weighted by Crippen LogP contribution is -2.09. The summed E-state index contributed by atoms with van der Waals surface area (Å²) in [6, 6.07) is 10.2. The summed E-state index contributed by atoms with van der Waals surface area (Å²) in [5.41, 5.74) is 2.26. The van der Waals surface area contributed by atoms with Gasteiger partial charge in [0.1, 0.15) is 5.76 Å². The van der Waals surface area contributed by atoms with Crippen LogP contribution in [-0.4, -0.2) is 14.1 Å². The fraction of sp³-hybridized carbons (Fsp3) is 0.231. The average Bonchev–Trinajstić information content (AvgIpc) is 2.72. The van der Waals surface area contributed by atoms with Gasteiger partial charge in [-0.15, -0.1) is 0 Å². The van der Waals surface area contributed by atoms with Crippen molar-refractivity contribution in [2.24, 2.45) is 0 Å². The molecular formula is C13H15BrN2O. The number of nitrogens with zero attached hydrogens (tertiary/aromatic N) is 1. The van der Waals surface area contributed by atoms with E-state index in [4.69, 9.17) is 4.42 Å². The van der Waals surface area contributed by atoms with E-state index in [1.807, 2.05) is 32.3 Å². The molecule has 0 aliphatic heterocycles. The van der Waals surface area contributed by atoms with Crippen molar-refractivity contribution in [2.45, 2.75) is 6.54 Å². The Morgan fingerprint density at radius 1 is 1.29 bits per heavy atom. The minimum atomic E-state index is 0.671. The highest BCUT2D eigenvalue weighted by molar-refractivity contribution is 9.10. The molecule has 1 aromatic carbocycles. The lowest BCUT2D eigenvalue weighted by atomic mass is 10.2. The van der Waals surface area contributed by atoms with Crippen LogP contribution in [0.4, 0.5) is 11.4 Å². The minimum Gasteiger partial charge on any atom is -0.466 e. The van der Waals surface area contributed by atoms with Gasteiger partial charge < -0.3 is 14.6 Å². The monoisotopic (exact) mass is 294 g/mol. The zero-order valence-corrected chi connectivity index (χ0v) is 11.5. The van der Waals surface area contributed by atoms with Crippen LogP contribution in [-0.2, 0) is 6.54 Å². The zero-order chi connectivity index (χ0) is 12.3. The lowest BCUT2D eigenvalue weighted by molar-refractivity contribution is 0.516. The van der Waals surface area contributed by atoms with E-state index < -0.39 is 0 Å². The largest absolute Gasteiger partial charge is 0.466 e. The van der Waals surface area contributed by atoms with E-state index in [1.165, 1.54) is 5.69 Å². The summed E-state index contributed by atoms with van der Waals surface area (Å²) in [4.78, 5) is 2.08. The predicted octanol–water partition coefficient (Wildman–Crippen LogP) is 3.72. The SMILES string of the molecule is CN(C)c1cccc(NCc2occc2Br)c1. The number of halogens is 1. The number of benzene rings is 1. The Balaban J connectivity index is 2.04. The highest BCUT2D eigenvalue weighted by atomic mass is 79.9. The summed E-state index contributed by atoms with van der Waals surface area (Å²) >= 11 is 3.44. The maximum atomic E-state index is 5.34. The maximum absolute atomic E-state index is 5.34. The van der Waals surface area contributed by atoms with Crippen molar-refractivity contribution in [3.63, 3.8) is 0 Å². The van der Waals surface area contributed by atoms with Gasteiger partial charge in [-0.1, -0.05) is 6.07 Å². The van der Waals surface area contributed by atoms with E-state index in [-0.39, 0.29) is 0 Å². The minimum absolute atomic E-state index is 0.671. The van der Waals surface area contributed by atoms with Crippen molar-refractivity contribution in [1.29, 1.82) is 0 Å². The molecule has 0 spiro atoms. The molecule has 90 valence electrons. The van der Waals surface area contributed by atoms with Gasteiger partial charge in [0.05, 0.1) is 17.3 Å². The van der Waals surface area contributed by atoms with Crippen LogP contribution >= 0.6 is 15.9 Å². The third kappa shape index (κ3) is 3.03. The Morgan fingerprint density at radius 2 is 2.12 bits per heavy atom. The molecule has 3 nitrogen and oxygen atoms in total. The standard InChI is InChI=1S/C13H15BrN2O/c1-16(2)11-5-3-4-10(8-11)15-9-13-12(14)6-7-17-13/h3-8,15H,9H2,1-2H3. The molecule has 0 saturated heterocycles. The van der Waals surface area contributed by atoms with E-state index >= 15 is 0 Å². The van der Waals surface area contributed by atoms with Crippen LogP contribution in [0.5, 0.6) is 0 Å². The number of furan rings is 1. The molecule has 2 rings (SSSR count). The van der Waals surface area contributed by atoms with Gasteiger partial charge in [-0.3, -0.25) is 0 Å². The Labute approximate surface area is 110 Å². The molecule has 1 N–H and O–H groups in total. The molecular weight excluding hydrogens is 280 g/mol. The molecule has 17 heavy (non-hydrogen) atoms. The molecule has 4 heteroatoms. The van der Waals surface area contributed by atoms with Gasteiger partial charge >= 0.3 is 0 Å². The van der Waals surface area contributed by atoms with Crippen LogP contribution in [0.25, 0.3) is 0 Å². The van der Waals surface area contributed by atoms with Gasteiger partial charge in [-0.05, 0) is 40.2 Å². The third-order valence-electron chi connectivity index (χ3n) is 2.51. The molecule has 0 saturated carbocycles. The van der Waals surface area contributed by atoms with Crippen LogP contribution in [0.1, 0.15) is 5.76 Å². The zero-order valence-electron chi connectivity index (χ0n) is 9.90. The van der Waals surface area contributed by atoms with Gasteiger partial charge in [0.25, 0.3) is 0 Å². The Bertz CT molecular complexity index is 494. The van der Waals surface area contributed by atoms with Crippen molar-refractivity contribution in [3.05, 3.63) is 46.8 Å². The van der Waals surface area contributed by atoms with E-state index in [0.717, 1.165) is 15.9 Å². The quantitative estimate of drug-likeness (QED) is 0.932. The first-order valence-electron chi connectivity index (χ1n) is 5.40. The van der Waals surface area contributed by atoms with Crippen LogP contribution in [0, 0.1) is 0 Å². The van der Waals surface area contributed by atoms with E-state index in [2.05, 4.69) is 38.3 Å². The summed E-state index contributed by atoms with van der Waals surface area (Å²) in [6.45, 7) is 0.671. The normalized spacial score (nSPS) is 10.3. The van der Waals surface area contributed by atoms with E-state index in [1.54, 1.807) is 6.26 Å². The Morgan fingerprint density at radius 3 is 2.76 bits per heavy atom. The molecule has 1 aromatic heterocycles. The van der Waals surface area contributed by atoms with Crippen LogP contribution in [0.15, 0.2) is 45.5 Å². The summed E-state index contributed by atoms with van der Waals surface area (Å²) in [6.07, 6.45) is 1.68. The number of hydrogen-bond donors (Lipinski definition) is 1. The molecule has 0 aliphatic carbocycles. The van der Waals surface area contributed by atoms with Crippen molar-refractivity contribution >= 4 is 27.3 Å². The highest BCUT2D eigenvalue weighted by Gasteiger charge is 2.03. The van der Waals surface area contributed by atoms with Gasteiger partial charge in [-0.25, -0.2) is 0 Å². The molecule has 0 radical (unpaired) electrons. The Kier molecular flexibility index (Phi) is 3.74. The number of nitrogens with one attached hydrogen (secondary N) is 1. The Hall–Kier alpha value is -1.42. The fourth-order valence-electron chi connectivity index (χ4n) is 1.53. The first kappa shape index (κ1) is 12.0. The summed E-state index contributed by atoms with van der Waals surface area (Å²) in [5, 5.41) is 3.33. The maximum Gasteiger partial charge on any atom is 0.136 e. The predicted molar refractivity (Wildman–Crippen MR) is 74.5 cm³/mol. The average molecular weight is 295 g/mol. The number of rotatable bonds is 4. The molecule has 0 aliphatic rings. The van der Waals surface area contributed by atoms with Crippen molar-refractivity contribution in [3.8, 4) is 0 Å². The van der Waals surface area contributed by atoms with E-state index in [9.17, 15) is 0 Å². The molecule has 0 amide bonds. The molecule has 0 fully saturated rings. The second kappa shape index (κ2) is 5.27. The topological polar surface area (TPSA) is 28.4 Å². The molecule has 2 aromatic rings. The van der Waals surface area contributed by atoms with Crippen molar-refractivity contribution in [1.82, 2.24) is 0 Å². The summed E-state index contributed by atoms with van der Waals surface area (Å²) < 4.78 is 6.34. The second-order valence-electron chi connectivity index (χ2n) is 3.99. The second-order valence-corrected chi connectivity index (χ2v) is 4.84. The lowest BCUT2D eigenvalue weighted by Gasteiger charge is -2.14. The number of hydrogen-bond acceptors (Lipinski definition) is 3. The molecule has 0 atom stereocenters. The molecule has 0 bridgehead atoms. The van der Waals surface area contributed by atoms with Gasteiger partial charge in [0.2, 0.25) is 0 Å². The first-order valence-corrected chi connectivity index (χ1v) is 6.19. The first-order chi connectivity index (χ1) is 8.16. The van der Waals surface area contributed by atoms with Gasteiger partial charge in [0.15, 0.2) is 0 Å². The van der Waals surface area contributed by atoms with Crippen LogP contribution in [0.3, 0.4) is 0 Å². The molecule has 1 heterocycles. The summed E-state index contributed by atoms with van der Waals surface area (Å²) in [5.74, 6) is 0.903. The molecule has 0 unspecified atom stereocenters. The van der Waals surface area contributed by atoms with Crippen LogP contribution in [0.2, 0.25) is 0 Å². The third-order valence-corrected chi connectivity index (χ3v) is 3.21. The fourth-order valence-corrected chi connectivity index (χ4v) is 1.87. The van der Waals surface area contributed by atoms with Gasteiger partial charge in [-0.2, -0.15) is 0 Å².